The number of ether oxygens (including phenoxy) is 1. The normalized spacial score (nSPS) is 27.1. The van der Waals surface area contributed by atoms with Crippen LogP contribution in [-0.4, -0.2) is 49.4 Å². The second-order valence-corrected chi connectivity index (χ2v) is 7.44. The van der Waals surface area contributed by atoms with Gasteiger partial charge < -0.3 is 25.8 Å². The van der Waals surface area contributed by atoms with Crippen molar-refractivity contribution in [2.45, 2.75) is 22.6 Å². The van der Waals surface area contributed by atoms with Crippen molar-refractivity contribution in [3.63, 3.8) is 0 Å². The summed E-state index contributed by atoms with van der Waals surface area (Å²) in [5.41, 5.74) is -2.06. The fourth-order valence-electron chi connectivity index (χ4n) is 3.17. The lowest BCUT2D eigenvalue weighted by Gasteiger charge is -2.43. The largest absolute Gasteiger partial charge is 0.477 e. The minimum Gasteiger partial charge on any atom is -0.477 e. The Morgan fingerprint density at radius 3 is 2.58 bits per heavy atom. The van der Waals surface area contributed by atoms with Crippen molar-refractivity contribution < 1.29 is 27.6 Å². The Bertz CT molecular complexity index is 926. The van der Waals surface area contributed by atoms with Gasteiger partial charge in [-0.3, -0.25) is 4.55 Å². The van der Waals surface area contributed by atoms with Crippen LogP contribution in [0, 0.1) is 0 Å². The van der Waals surface area contributed by atoms with E-state index in [1.807, 2.05) is 6.08 Å². The first-order chi connectivity index (χ1) is 12.2. The smallest absolute Gasteiger partial charge is 0.372 e. The second-order valence-electron chi connectivity index (χ2n) is 6.01. The first kappa shape index (κ1) is 18.2. The van der Waals surface area contributed by atoms with Gasteiger partial charge in [-0.25, -0.2) is 4.79 Å². The summed E-state index contributed by atoms with van der Waals surface area (Å²) in [6, 6.07) is 3.59. The summed E-state index contributed by atoms with van der Waals surface area (Å²) in [5.74, 6) is -1.10. The number of hydrogen-bond acceptors (Lipinski definition) is 7. The lowest BCUT2D eigenvalue weighted by Crippen LogP contribution is -2.70. The number of carboxylic acids is 1. The van der Waals surface area contributed by atoms with Crippen molar-refractivity contribution >= 4 is 21.8 Å². The monoisotopic (exact) mass is 381 g/mol. The summed E-state index contributed by atoms with van der Waals surface area (Å²) >= 11 is 0. The third-order valence-corrected chi connectivity index (χ3v) is 5.53. The molecule has 26 heavy (non-hydrogen) atoms. The molecule has 10 heteroatoms. The van der Waals surface area contributed by atoms with Crippen LogP contribution in [0.3, 0.4) is 0 Å². The number of nitrogens with one attached hydrogen (secondary N) is 3. The van der Waals surface area contributed by atoms with Gasteiger partial charge in [-0.05, 0) is 37.7 Å². The Balaban J connectivity index is 2.07. The minimum atomic E-state index is -4.43. The first-order valence-corrected chi connectivity index (χ1v) is 9.20. The lowest BCUT2D eigenvalue weighted by molar-refractivity contribution is -0.157. The molecule has 140 valence electrons. The predicted octanol–water partition coefficient (Wildman–Crippen LogP) is 0.540. The molecular weight excluding hydrogens is 362 g/mol. The predicted molar refractivity (Wildman–Crippen MR) is 93.6 cm³/mol. The molecule has 1 aliphatic heterocycles. The number of fused-ring (bicyclic) bond motifs is 1. The van der Waals surface area contributed by atoms with Gasteiger partial charge in [0.1, 0.15) is 11.3 Å². The summed E-state index contributed by atoms with van der Waals surface area (Å²) in [5, 5.41) is 18.8. The Labute approximate surface area is 150 Å². The zero-order valence-corrected chi connectivity index (χ0v) is 14.9. The van der Waals surface area contributed by atoms with E-state index < -0.39 is 27.4 Å². The second kappa shape index (κ2) is 6.01. The maximum Gasteiger partial charge on any atom is 0.372 e. The van der Waals surface area contributed by atoms with Crippen molar-refractivity contribution in [3.8, 4) is 5.75 Å². The SMILES string of the molecule is CNC1=CCC(NC)(C2(C(=O)O)Nc3cc(S(=O)(=O)O)ccc3O2)C=C1. The number of hydrogen-bond donors (Lipinski definition) is 5. The zero-order valence-electron chi connectivity index (χ0n) is 14.1. The summed E-state index contributed by atoms with van der Waals surface area (Å²) in [4.78, 5) is 11.9. The number of carbonyl (C=O) groups is 1. The number of rotatable bonds is 5. The molecule has 2 unspecified atom stereocenters. The molecule has 0 saturated carbocycles. The number of allylic oxidation sites excluding steroid dienone is 1. The quantitative estimate of drug-likeness (QED) is 0.463. The highest BCUT2D eigenvalue weighted by molar-refractivity contribution is 7.85. The highest BCUT2D eigenvalue weighted by atomic mass is 32.2. The van der Waals surface area contributed by atoms with Crippen molar-refractivity contribution in [3.05, 3.63) is 42.1 Å². The van der Waals surface area contributed by atoms with Crippen LogP contribution in [0.1, 0.15) is 6.42 Å². The molecule has 3 rings (SSSR count). The maximum absolute atomic E-state index is 12.2. The zero-order chi connectivity index (χ0) is 19.2. The van der Waals surface area contributed by atoms with Gasteiger partial charge in [0.25, 0.3) is 10.1 Å². The average Bonchev–Trinajstić information content (AvgIpc) is 3.01. The van der Waals surface area contributed by atoms with Crippen LogP contribution in [0.15, 0.2) is 47.0 Å². The number of aliphatic carboxylic acids is 1. The summed E-state index contributed by atoms with van der Waals surface area (Å²) in [6.45, 7) is 0. The van der Waals surface area contributed by atoms with E-state index in [4.69, 9.17) is 4.74 Å². The molecule has 1 aromatic rings. The summed E-state index contributed by atoms with van der Waals surface area (Å²) in [7, 11) is -1.06. The van der Waals surface area contributed by atoms with Gasteiger partial charge in [0.2, 0.25) is 0 Å². The van der Waals surface area contributed by atoms with Gasteiger partial charge in [0.15, 0.2) is 0 Å². The van der Waals surface area contributed by atoms with E-state index in [0.29, 0.717) is 6.42 Å². The molecule has 0 aromatic heterocycles. The highest BCUT2D eigenvalue weighted by Gasteiger charge is 2.61. The van der Waals surface area contributed by atoms with Crippen LogP contribution >= 0.6 is 0 Å². The van der Waals surface area contributed by atoms with Crippen molar-refractivity contribution in [1.29, 1.82) is 0 Å². The fraction of sp³-hybridized carbons (Fsp3) is 0.312. The molecule has 0 bridgehead atoms. The molecule has 9 nitrogen and oxygen atoms in total. The van der Waals surface area contributed by atoms with E-state index in [1.165, 1.54) is 6.07 Å². The van der Waals surface area contributed by atoms with Gasteiger partial charge in [0, 0.05) is 12.7 Å². The van der Waals surface area contributed by atoms with Gasteiger partial charge in [0.05, 0.1) is 10.6 Å². The summed E-state index contributed by atoms with van der Waals surface area (Å²) < 4.78 is 37.7. The molecule has 5 N–H and O–H groups in total. The highest BCUT2D eigenvalue weighted by Crippen LogP contribution is 2.45. The molecule has 1 aliphatic carbocycles. The Morgan fingerprint density at radius 2 is 2.08 bits per heavy atom. The number of carboxylic acid groups (broad SMARTS) is 1. The van der Waals surface area contributed by atoms with Crippen LogP contribution in [0.25, 0.3) is 0 Å². The molecule has 0 fully saturated rings. The third kappa shape index (κ3) is 2.62. The number of likely N-dealkylation sites (N-methyl/N-ethyl adjacent to an activating group) is 2. The number of anilines is 1. The molecular formula is C16H19N3O6S. The van der Waals surface area contributed by atoms with Gasteiger partial charge in [-0.2, -0.15) is 8.42 Å². The maximum atomic E-state index is 12.2. The van der Waals surface area contributed by atoms with E-state index >= 15 is 0 Å². The van der Waals surface area contributed by atoms with E-state index in [-0.39, 0.29) is 16.3 Å². The minimum absolute atomic E-state index is 0.161. The standard InChI is InChI=1S/C16H19N3O6S/c1-17-10-5-7-15(18-2,8-6-10)16(14(20)21)19-12-9-11(26(22,23)24)3-4-13(12)25-16/h3-7,9,17-19H,8H2,1-2H3,(H,20,21)(H,22,23,24). The van der Waals surface area contributed by atoms with Gasteiger partial charge >= 0.3 is 11.7 Å². The van der Waals surface area contributed by atoms with E-state index in [0.717, 1.165) is 17.8 Å². The van der Waals surface area contributed by atoms with Crippen LogP contribution in [0.4, 0.5) is 5.69 Å². The molecule has 0 radical (unpaired) electrons. The topological polar surface area (TPSA) is 137 Å². The molecule has 0 spiro atoms. The van der Waals surface area contributed by atoms with E-state index in [1.54, 1.807) is 26.2 Å². The number of benzene rings is 1. The average molecular weight is 381 g/mol. The molecule has 1 aromatic carbocycles. The van der Waals surface area contributed by atoms with E-state index in [9.17, 15) is 22.9 Å². The molecule has 2 aliphatic rings. The van der Waals surface area contributed by atoms with Crippen LogP contribution in [0.5, 0.6) is 5.75 Å². The van der Waals surface area contributed by atoms with Crippen molar-refractivity contribution in [1.82, 2.24) is 10.6 Å². The Hall–Kier alpha value is -2.56. The fourth-order valence-corrected chi connectivity index (χ4v) is 3.68. The van der Waals surface area contributed by atoms with Crippen molar-refractivity contribution in [2.24, 2.45) is 0 Å². The first-order valence-electron chi connectivity index (χ1n) is 7.76. The summed E-state index contributed by atoms with van der Waals surface area (Å²) in [6.07, 6.45) is 5.56. The Morgan fingerprint density at radius 1 is 1.35 bits per heavy atom. The van der Waals surface area contributed by atoms with Crippen LogP contribution < -0.4 is 20.7 Å². The van der Waals surface area contributed by atoms with Gasteiger partial charge in [-0.1, -0.05) is 12.2 Å². The molecule has 2 atom stereocenters. The lowest BCUT2D eigenvalue weighted by atomic mass is 9.80. The molecule has 1 heterocycles. The Kier molecular flexibility index (Phi) is 4.21. The third-order valence-electron chi connectivity index (χ3n) is 4.68. The molecule has 0 saturated heterocycles. The van der Waals surface area contributed by atoms with Crippen LogP contribution in [-0.2, 0) is 14.9 Å². The molecule has 0 amide bonds. The van der Waals surface area contributed by atoms with Crippen LogP contribution in [0.2, 0.25) is 0 Å². The van der Waals surface area contributed by atoms with E-state index in [2.05, 4.69) is 16.0 Å². The van der Waals surface area contributed by atoms with Gasteiger partial charge in [-0.15, -0.1) is 0 Å². The van der Waals surface area contributed by atoms with Crippen molar-refractivity contribution in [2.75, 3.05) is 19.4 Å².